The Morgan fingerprint density at radius 1 is 1.47 bits per heavy atom. The molecule has 0 bridgehead atoms. The van der Waals surface area contributed by atoms with E-state index in [1.807, 2.05) is 30.5 Å². The Morgan fingerprint density at radius 2 is 2.21 bits per heavy atom. The van der Waals surface area contributed by atoms with Crippen molar-refractivity contribution in [2.24, 2.45) is 5.73 Å². The SMILES string of the molecule is CSc1sc(C(=N)N)cc1S(=O)c1cccc(Br)c1. The fourth-order valence-corrected chi connectivity index (χ4v) is 5.50. The number of nitrogen functional groups attached to an aromatic ring is 1. The van der Waals surface area contributed by atoms with Crippen molar-refractivity contribution in [1.29, 1.82) is 5.41 Å². The molecule has 0 spiro atoms. The Kier molecular flexibility index (Phi) is 4.83. The summed E-state index contributed by atoms with van der Waals surface area (Å²) in [4.78, 5) is 2.11. The number of nitrogens with two attached hydrogens (primary N) is 1. The van der Waals surface area contributed by atoms with Crippen LogP contribution in [-0.2, 0) is 10.8 Å². The van der Waals surface area contributed by atoms with E-state index in [0.717, 1.165) is 18.5 Å². The Bertz CT molecular complexity index is 654. The van der Waals surface area contributed by atoms with Crippen LogP contribution in [0.3, 0.4) is 0 Å². The minimum absolute atomic E-state index is 0.0118. The molecule has 1 unspecified atom stereocenters. The number of rotatable bonds is 4. The summed E-state index contributed by atoms with van der Waals surface area (Å²) >= 11 is 6.30. The fraction of sp³-hybridized carbons (Fsp3) is 0.0833. The second kappa shape index (κ2) is 6.21. The molecular weight excluding hydrogens is 364 g/mol. The molecule has 7 heteroatoms. The molecule has 0 aliphatic heterocycles. The molecule has 1 aromatic heterocycles. The smallest absolute Gasteiger partial charge is 0.133 e. The van der Waals surface area contributed by atoms with Crippen LogP contribution in [0.1, 0.15) is 4.88 Å². The summed E-state index contributed by atoms with van der Waals surface area (Å²) in [6, 6.07) is 9.16. The minimum atomic E-state index is -1.26. The molecule has 2 rings (SSSR count). The number of nitrogens with one attached hydrogen (secondary N) is 1. The third-order valence-electron chi connectivity index (χ3n) is 2.33. The molecule has 2 aromatic rings. The summed E-state index contributed by atoms with van der Waals surface area (Å²) in [5, 5.41) is 7.47. The highest BCUT2D eigenvalue weighted by atomic mass is 79.9. The molecule has 3 nitrogen and oxygen atoms in total. The molecule has 0 aliphatic carbocycles. The lowest BCUT2D eigenvalue weighted by atomic mass is 10.4. The molecule has 0 saturated carbocycles. The van der Waals surface area contributed by atoms with E-state index in [0.29, 0.717) is 4.88 Å². The van der Waals surface area contributed by atoms with E-state index in [-0.39, 0.29) is 5.84 Å². The third-order valence-corrected chi connectivity index (χ3v) is 6.79. The van der Waals surface area contributed by atoms with Crippen molar-refractivity contribution in [1.82, 2.24) is 0 Å². The predicted octanol–water partition coefficient (Wildman–Crippen LogP) is 3.68. The van der Waals surface area contributed by atoms with Crippen molar-refractivity contribution in [3.05, 3.63) is 39.7 Å². The minimum Gasteiger partial charge on any atom is -0.383 e. The second-order valence-electron chi connectivity index (χ2n) is 3.61. The van der Waals surface area contributed by atoms with E-state index in [2.05, 4.69) is 15.9 Å². The van der Waals surface area contributed by atoms with E-state index in [4.69, 9.17) is 11.1 Å². The van der Waals surface area contributed by atoms with E-state index in [9.17, 15) is 4.21 Å². The van der Waals surface area contributed by atoms with Crippen LogP contribution < -0.4 is 5.73 Å². The van der Waals surface area contributed by atoms with Crippen molar-refractivity contribution >= 4 is 55.7 Å². The first kappa shape index (κ1) is 14.8. The van der Waals surface area contributed by atoms with Gasteiger partial charge in [-0.3, -0.25) is 5.41 Å². The number of hydrogen-bond acceptors (Lipinski definition) is 4. The number of hydrogen-bond donors (Lipinski definition) is 2. The normalized spacial score (nSPS) is 12.3. The van der Waals surface area contributed by atoms with Crippen molar-refractivity contribution in [3.63, 3.8) is 0 Å². The van der Waals surface area contributed by atoms with Gasteiger partial charge in [-0.25, -0.2) is 4.21 Å². The van der Waals surface area contributed by atoms with Crippen molar-refractivity contribution in [2.45, 2.75) is 14.0 Å². The van der Waals surface area contributed by atoms with Crippen molar-refractivity contribution in [3.8, 4) is 0 Å². The van der Waals surface area contributed by atoms with Gasteiger partial charge in [-0.05, 0) is 30.5 Å². The molecule has 1 heterocycles. The predicted molar refractivity (Wildman–Crippen MR) is 85.9 cm³/mol. The van der Waals surface area contributed by atoms with E-state index < -0.39 is 10.8 Å². The van der Waals surface area contributed by atoms with E-state index >= 15 is 0 Å². The first-order valence-electron chi connectivity index (χ1n) is 5.22. The number of thiophene rings is 1. The van der Waals surface area contributed by atoms with Crippen LogP contribution in [0.15, 0.2) is 48.8 Å². The molecule has 0 radical (unpaired) electrons. The summed E-state index contributed by atoms with van der Waals surface area (Å²) < 4.78 is 14.4. The molecule has 0 amide bonds. The van der Waals surface area contributed by atoms with Crippen molar-refractivity contribution in [2.75, 3.05) is 6.26 Å². The molecule has 1 aromatic carbocycles. The van der Waals surface area contributed by atoms with Gasteiger partial charge in [0.2, 0.25) is 0 Å². The van der Waals surface area contributed by atoms with Crippen LogP contribution in [0.4, 0.5) is 0 Å². The lowest BCUT2D eigenvalue weighted by molar-refractivity contribution is 0.682. The zero-order valence-electron chi connectivity index (χ0n) is 9.98. The maximum Gasteiger partial charge on any atom is 0.133 e. The first-order valence-corrected chi connectivity index (χ1v) is 9.21. The zero-order chi connectivity index (χ0) is 14.0. The maximum atomic E-state index is 12.6. The highest BCUT2D eigenvalue weighted by Crippen LogP contribution is 2.35. The molecule has 0 saturated heterocycles. The lowest BCUT2D eigenvalue weighted by Gasteiger charge is -2.02. The molecule has 1 atom stereocenters. The standard InChI is InChI=1S/C12H11BrN2OS3/c1-17-12-10(6-9(18-12)11(14)15)19(16)8-4-2-3-7(13)5-8/h2-6H,1H3,(H3,14,15). The number of benzene rings is 1. The average molecular weight is 375 g/mol. The van der Waals surface area contributed by atoms with Gasteiger partial charge in [0.05, 0.1) is 24.8 Å². The van der Waals surface area contributed by atoms with Gasteiger partial charge >= 0.3 is 0 Å². The molecule has 100 valence electrons. The third kappa shape index (κ3) is 3.28. The first-order chi connectivity index (χ1) is 9.02. The summed E-state index contributed by atoms with van der Waals surface area (Å²) in [5.74, 6) is 0.0118. The average Bonchev–Trinajstić information content (AvgIpc) is 2.82. The summed E-state index contributed by atoms with van der Waals surface area (Å²) in [6.07, 6.45) is 1.93. The molecule has 3 N–H and O–H groups in total. The summed E-state index contributed by atoms with van der Waals surface area (Å²) in [5.41, 5.74) is 5.49. The van der Waals surface area contributed by atoms with Gasteiger partial charge in [-0.1, -0.05) is 22.0 Å². The monoisotopic (exact) mass is 374 g/mol. The molecule has 19 heavy (non-hydrogen) atoms. The van der Waals surface area contributed by atoms with Gasteiger partial charge in [0.1, 0.15) is 5.84 Å². The van der Waals surface area contributed by atoms with Crippen LogP contribution in [0.5, 0.6) is 0 Å². The second-order valence-corrected chi connectivity index (χ2v) is 8.10. The molecule has 0 aliphatic rings. The quantitative estimate of drug-likeness (QED) is 0.487. The van der Waals surface area contributed by atoms with E-state index in [1.165, 1.54) is 23.1 Å². The van der Waals surface area contributed by atoms with Crippen LogP contribution in [0.2, 0.25) is 0 Å². The van der Waals surface area contributed by atoms with Gasteiger partial charge < -0.3 is 5.73 Å². The number of thioether (sulfide) groups is 1. The summed E-state index contributed by atoms with van der Waals surface area (Å²) in [6.45, 7) is 0. The molecule has 0 fully saturated rings. The fourth-order valence-electron chi connectivity index (χ4n) is 1.47. The summed E-state index contributed by atoms with van der Waals surface area (Å²) in [7, 11) is -1.26. The highest BCUT2D eigenvalue weighted by molar-refractivity contribution is 9.10. The van der Waals surface area contributed by atoms with Crippen LogP contribution >= 0.6 is 39.0 Å². The largest absolute Gasteiger partial charge is 0.383 e. The number of halogens is 1. The number of amidine groups is 1. The topological polar surface area (TPSA) is 66.9 Å². The Morgan fingerprint density at radius 3 is 2.79 bits per heavy atom. The Hall–Kier alpha value is -0.630. The van der Waals surface area contributed by atoms with E-state index in [1.54, 1.807) is 6.07 Å². The van der Waals surface area contributed by atoms with Crippen LogP contribution in [0.25, 0.3) is 0 Å². The Labute approximate surface area is 130 Å². The van der Waals surface area contributed by atoms with Gasteiger partial charge in [0.25, 0.3) is 0 Å². The van der Waals surface area contributed by atoms with Gasteiger partial charge in [0.15, 0.2) is 0 Å². The van der Waals surface area contributed by atoms with Gasteiger partial charge in [-0.2, -0.15) is 0 Å². The maximum absolute atomic E-state index is 12.6. The van der Waals surface area contributed by atoms with Gasteiger partial charge in [0, 0.05) is 9.37 Å². The van der Waals surface area contributed by atoms with Crippen LogP contribution in [0, 0.1) is 5.41 Å². The highest BCUT2D eigenvalue weighted by Gasteiger charge is 2.17. The Balaban J connectivity index is 2.46. The lowest BCUT2D eigenvalue weighted by Crippen LogP contribution is -2.08. The van der Waals surface area contributed by atoms with Crippen LogP contribution in [-0.4, -0.2) is 16.3 Å². The van der Waals surface area contributed by atoms with Gasteiger partial charge in [-0.15, -0.1) is 23.1 Å². The zero-order valence-corrected chi connectivity index (χ0v) is 14.0. The molecular formula is C12H11BrN2OS3. The van der Waals surface area contributed by atoms with Crippen molar-refractivity contribution < 1.29 is 4.21 Å².